The van der Waals surface area contributed by atoms with Crippen molar-refractivity contribution in [1.82, 2.24) is 0 Å². The second kappa shape index (κ2) is 6.45. The van der Waals surface area contributed by atoms with Crippen molar-refractivity contribution in [1.29, 1.82) is 0 Å². The number of phenols is 2. The van der Waals surface area contributed by atoms with Crippen LogP contribution in [0.4, 0.5) is 11.4 Å². The maximum atomic E-state index is 12.3. The van der Waals surface area contributed by atoms with Gasteiger partial charge in [0.2, 0.25) is 0 Å². The van der Waals surface area contributed by atoms with Crippen molar-refractivity contribution in [2.75, 3.05) is 11.5 Å². The molecule has 0 fully saturated rings. The van der Waals surface area contributed by atoms with Crippen molar-refractivity contribution in [3.05, 3.63) is 66.2 Å². The van der Waals surface area contributed by atoms with E-state index in [0.29, 0.717) is 16.7 Å². The highest BCUT2D eigenvalue weighted by atomic mass is 16.5. The number of rotatable bonds is 3. The van der Waals surface area contributed by atoms with Crippen molar-refractivity contribution in [3.63, 3.8) is 0 Å². The first-order valence-electron chi connectivity index (χ1n) is 7.45. The van der Waals surface area contributed by atoms with Crippen molar-refractivity contribution in [2.45, 2.75) is 0 Å². The lowest BCUT2D eigenvalue weighted by Gasteiger charge is -2.14. The summed E-state index contributed by atoms with van der Waals surface area (Å²) in [5.41, 5.74) is 13.1. The van der Waals surface area contributed by atoms with E-state index in [1.54, 1.807) is 36.4 Å². The standard InChI is InChI=1S/C19H16N2O4/c20-13-10-12(6-7-14(13)22)17-16(9-8-15(23)18(17)21)25-19(24)11-4-2-1-3-5-11/h1-10,22-23H,20-21H2. The molecule has 6 heteroatoms. The SMILES string of the molecule is Nc1cc(-c2c(OC(=O)c3ccccc3)ccc(O)c2N)ccc1O. The summed E-state index contributed by atoms with van der Waals surface area (Å²) in [6.45, 7) is 0. The largest absolute Gasteiger partial charge is 0.506 e. The molecular weight excluding hydrogens is 320 g/mol. The van der Waals surface area contributed by atoms with Crippen LogP contribution >= 0.6 is 0 Å². The molecule has 0 aromatic heterocycles. The number of aromatic hydroxyl groups is 2. The normalized spacial score (nSPS) is 10.4. The van der Waals surface area contributed by atoms with Crippen LogP contribution < -0.4 is 16.2 Å². The van der Waals surface area contributed by atoms with E-state index in [1.807, 2.05) is 0 Å². The zero-order valence-corrected chi connectivity index (χ0v) is 13.1. The summed E-state index contributed by atoms with van der Waals surface area (Å²) in [6, 6.07) is 15.7. The van der Waals surface area contributed by atoms with E-state index in [1.165, 1.54) is 24.3 Å². The van der Waals surface area contributed by atoms with Gasteiger partial charge >= 0.3 is 5.97 Å². The number of carbonyl (C=O) groups excluding carboxylic acids is 1. The Labute approximate surface area is 143 Å². The molecule has 0 amide bonds. The first-order valence-corrected chi connectivity index (χ1v) is 7.45. The Morgan fingerprint density at radius 2 is 1.56 bits per heavy atom. The molecule has 0 heterocycles. The smallest absolute Gasteiger partial charge is 0.343 e. The fourth-order valence-electron chi connectivity index (χ4n) is 2.41. The van der Waals surface area contributed by atoms with Gasteiger partial charge in [-0.05, 0) is 42.0 Å². The Morgan fingerprint density at radius 3 is 2.24 bits per heavy atom. The van der Waals surface area contributed by atoms with Gasteiger partial charge < -0.3 is 26.4 Å². The summed E-state index contributed by atoms with van der Waals surface area (Å²) >= 11 is 0. The third-order valence-corrected chi connectivity index (χ3v) is 3.71. The van der Waals surface area contributed by atoms with E-state index in [2.05, 4.69) is 0 Å². The lowest BCUT2D eigenvalue weighted by atomic mass is 10.0. The summed E-state index contributed by atoms with van der Waals surface area (Å²) in [5.74, 6) is -0.612. The van der Waals surface area contributed by atoms with E-state index >= 15 is 0 Å². The van der Waals surface area contributed by atoms with Crippen LogP contribution in [-0.4, -0.2) is 16.2 Å². The summed E-state index contributed by atoms with van der Waals surface area (Å²) in [4.78, 5) is 12.3. The first-order chi connectivity index (χ1) is 12.0. The molecule has 0 unspecified atom stereocenters. The lowest BCUT2D eigenvalue weighted by Crippen LogP contribution is -2.09. The molecule has 25 heavy (non-hydrogen) atoms. The van der Waals surface area contributed by atoms with Gasteiger partial charge in [0.1, 0.15) is 17.2 Å². The number of benzene rings is 3. The van der Waals surface area contributed by atoms with Crippen LogP contribution in [0.5, 0.6) is 17.2 Å². The molecule has 6 N–H and O–H groups in total. The Kier molecular flexibility index (Phi) is 4.18. The number of ether oxygens (including phenoxy) is 1. The minimum Gasteiger partial charge on any atom is -0.506 e. The molecule has 0 spiro atoms. The molecule has 3 aromatic rings. The number of nitrogens with two attached hydrogens (primary N) is 2. The number of phenolic OH excluding ortho intramolecular Hbond substituents is 2. The molecule has 3 rings (SSSR count). The number of esters is 1. The maximum absolute atomic E-state index is 12.3. The number of hydrogen-bond donors (Lipinski definition) is 4. The quantitative estimate of drug-likeness (QED) is 0.252. The Hall–Kier alpha value is -3.67. The van der Waals surface area contributed by atoms with E-state index < -0.39 is 5.97 Å². The molecule has 126 valence electrons. The van der Waals surface area contributed by atoms with Crippen LogP contribution in [-0.2, 0) is 0 Å². The van der Waals surface area contributed by atoms with Gasteiger partial charge in [0.25, 0.3) is 0 Å². The van der Waals surface area contributed by atoms with E-state index in [0.717, 1.165) is 0 Å². The van der Waals surface area contributed by atoms with Gasteiger partial charge in [0, 0.05) is 0 Å². The number of nitrogen functional groups attached to an aromatic ring is 2. The van der Waals surface area contributed by atoms with Crippen LogP contribution in [0.3, 0.4) is 0 Å². The summed E-state index contributed by atoms with van der Waals surface area (Å²) in [7, 11) is 0. The molecule has 3 aromatic carbocycles. The van der Waals surface area contributed by atoms with Crippen LogP contribution in [0.25, 0.3) is 11.1 Å². The highest BCUT2D eigenvalue weighted by Gasteiger charge is 2.18. The topological polar surface area (TPSA) is 119 Å². The minimum atomic E-state index is -0.557. The average Bonchev–Trinajstić information content (AvgIpc) is 2.62. The maximum Gasteiger partial charge on any atom is 0.343 e. The monoisotopic (exact) mass is 336 g/mol. The van der Waals surface area contributed by atoms with Gasteiger partial charge in [-0.25, -0.2) is 4.79 Å². The molecule has 0 aliphatic heterocycles. The fourth-order valence-corrected chi connectivity index (χ4v) is 2.41. The van der Waals surface area contributed by atoms with Crippen LogP contribution in [0, 0.1) is 0 Å². The van der Waals surface area contributed by atoms with Crippen LogP contribution in [0.2, 0.25) is 0 Å². The highest BCUT2D eigenvalue weighted by Crippen LogP contribution is 2.42. The van der Waals surface area contributed by atoms with Crippen molar-refractivity contribution >= 4 is 17.3 Å². The predicted molar refractivity (Wildman–Crippen MR) is 95.4 cm³/mol. The van der Waals surface area contributed by atoms with Gasteiger partial charge in [-0.2, -0.15) is 0 Å². The second-order valence-electron chi connectivity index (χ2n) is 5.40. The van der Waals surface area contributed by atoms with E-state index in [9.17, 15) is 15.0 Å². The van der Waals surface area contributed by atoms with Crippen molar-refractivity contribution in [2.24, 2.45) is 0 Å². The van der Waals surface area contributed by atoms with Crippen molar-refractivity contribution < 1.29 is 19.7 Å². The number of carbonyl (C=O) groups is 1. The van der Waals surface area contributed by atoms with E-state index in [-0.39, 0.29) is 28.6 Å². The van der Waals surface area contributed by atoms with Gasteiger partial charge in [0.15, 0.2) is 0 Å². The van der Waals surface area contributed by atoms with E-state index in [4.69, 9.17) is 16.2 Å². The number of anilines is 2. The van der Waals surface area contributed by atoms with Gasteiger partial charge in [-0.15, -0.1) is 0 Å². The highest BCUT2D eigenvalue weighted by molar-refractivity contribution is 5.94. The summed E-state index contributed by atoms with van der Waals surface area (Å²) < 4.78 is 5.46. The summed E-state index contributed by atoms with van der Waals surface area (Å²) in [6.07, 6.45) is 0. The van der Waals surface area contributed by atoms with Crippen LogP contribution in [0.1, 0.15) is 10.4 Å². The molecule has 0 saturated carbocycles. The Morgan fingerprint density at radius 1 is 0.880 bits per heavy atom. The molecule has 0 bridgehead atoms. The second-order valence-corrected chi connectivity index (χ2v) is 5.40. The first kappa shape index (κ1) is 16.2. The molecule has 0 aliphatic rings. The molecule has 6 nitrogen and oxygen atoms in total. The number of hydrogen-bond acceptors (Lipinski definition) is 6. The Bertz CT molecular complexity index is 940. The summed E-state index contributed by atoms with van der Waals surface area (Å²) in [5, 5.41) is 19.5. The molecule has 0 saturated heterocycles. The van der Waals surface area contributed by atoms with Gasteiger partial charge in [-0.1, -0.05) is 24.3 Å². The molecular formula is C19H16N2O4. The van der Waals surface area contributed by atoms with Gasteiger partial charge in [0.05, 0.1) is 22.5 Å². The third-order valence-electron chi connectivity index (χ3n) is 3.71. The minimum absolute atomic E-state index is 0.0449. The predicted octanol–water partition coefficient (Wildman–Crippen LogP) is 3.15. The zero-order chi connectivity index (χ0) is 18.0. The lowest BCUT2D eigenvalue weighted by molar-refractivity contribution is 0.0735. The Balaban J connectivity index is 2.07. The molecule has 0 atom stereocenters. The van der Waals surface area contributed by atoms with Crippen molar-refractivity contribution in [3.8, 4) is 28.4 Å². The zero-order valence-electron chi connectivity index (χ0n) is 13.1. The molecule has 0 aliphatic carbocycles. The molecule has 0 radical (unpaired) electrons. The third kappa shape index (κ3) is 3.18. The van der Waals surface area contributed by atoms with Crippen LogP contribution in [0.15, 0.2) is 60.7 Å². The van der Waals surface area contributed by atoms with Gasteiger partial charge in [-0.3, -0.25) is 0 Å². The fraction of sp³-hybridized carbons (Fsp3) is 0. The average molecular weight is 336 g/mol.